The first-order valence-corrected chi connectivity index (χ1v) is 13.6. The number of hydrogen-bond acceptors (Lipinski definition) is 10. The number of morpholine rings is 1. The molecule has 3 aromatic heterocycles. The van der Waals surface area contributed by atoms with Gasteiger partial charge in [0, 0.05) is 50.0 Å². The number of anilines is 2. The summed E-state index contributed by atoms with van der Waals surface area (Å²) in [7, 11) is 3.37. The van der Waals surface area contributed by atoms with Gasteiger partial charge in [0.1, 0.15) is 11.9 Å². The quantitative estimate of drug-likeness (QED) is 0.422. The number of halogens is 1. The highest BCUT2D eigenvalue weighted by Crippen LogP contribution is 2.32. The van der Waals surface area contributed by atoms with Crippen LogP contribution in [0.2, 0.25) is 0 Å². The van der Waals surface area contributed by atoms with E-state index in [9.17, 15) is 4.79 Å². The highest BCUT2D eigenvalue weighted by atomic mass is 79.9. The Kier molecular flexibility index (Phi) is 8.38. The zero-order chi connectivity index (χ0) is 26.5. The van der Waals surface area contributed by atoms with Gasteiger partial charge in [0.05, 0.1) is 36.5 Å². The fraction of sp³-hybridized carbons (Fsp3) is 0.500. The number of nitrogens with one attached hydrogen (secondary N) is 1. The van der Waals surface area contributed by atoms with E-state index in [0.717, 1.165) is 60.0 Å². The van der Waals surface area contributed by atoms with Crippen molar-refractivity contribution in [2.75, 3.05) is 57.2 Å². The van der Waals surface area contributed by atoms with E-state index >= 15 is 0 Å². The Hall–Kier alpha value is -3.25. The van der Waals surface area contributed by atoms with Crippen molar-refractivity contribution >= 4 is 44.5 Å². The highest BCUT2D eigenvalue weighted by molar-refractivity contribution is 9.10. The predicted molar refractivity (Wildman–Crippen MR) is 147 cm³/mol. The van der Waals surface area contributed by atoms with Crippen molar-refractivity contribution < 1.29 is 19.0 Å². The molecule has 0 unspecified atom stereocenters. The average molecular weight is 586 g/mol. The van der Waals surface area contributed by atoms with Gasteiger partial charge in [0.2, 0.25) is 11.8 Å². The number of likely N-dealkylation sites (N-methyl/N-ethyl adjacent to an activating group) is 1. The molecule has 1 aliphatic carbocycles. The third-order valence-electron chi connectivity index (χ3n) is 6.71. The average Bonchev–Trinajstić information content (AvgIpc) is 2.94. The second-order valence-corrected chi connectivity index (χ2v) is 10.6. The predicted octanol–water partition coefficient (Wildman–Crippen LogP) is 3.29. The number of carbonyl (C=O) groups is 1. The van der Waals surface area contributed by atoms with Crippen LogP contribution in [0.1, 0.15) is 25.7 Å². The lowest BCUT2D eigenvalue weighted by atomic mass is 9.93. The number of hydrogen-bond donors (Lipinski definition) is 1. The molecule has 1 aliphatic heterocycles. The van der Waals surface area contributed by atoms with Gasteiger partial charge in [-0.15, -0.1) is 0 Å². The van der Waals surface area contributed by atoms with E-state index in [0.29, 0.717) is 30.8 Å². The fourth-order valence-corrected chi connectivity index (χ4v) is 4.84. The van der Waals surface area contributed by atoms with E-state index in [2.05, 4.69) is 41.1 Å². The van der Waals surface area contributed by atoms with Gasteiger partial charge in [-0.05, 0) is 47.7 Å². The van der Waals surface area contributed by atoms with Crippen LogP contribution < -0.4 is 19.7 Å². The molecule has 0 radical (unpaired) electrons. The molecule has 1 saturated carbocycles. The minimum atomic E-state index is -0.119. The molecule has 1 N–H and O–H groups in total. The van der Waals surface area contributed by atoms with Crippen LogP contribution in [0, 0.1) is 0 Å². The van der Waals surface area contributed by atoms with Gasteiger partial charge in [-0.25, -0.2) is 9.97 Å². The van der Waals surface area contributed by atoms with Crippen LogP contribution in [0.15, 0.2) is 35.2 Å². The lowest BCUT2D eigenvalue weighted by molar-refractivity contribution is -0.130. The van der Waals surface area contributed by atoms with Crippen molar-refractivity contribution in [3.8, 4) is 11.6 Å². The number of nitrogens with zero attached hydrogens (tertiary/aromatic N) is 6. The summed E-state index contributed by atoms with van der Waals surface area (Å²) in [5, 5.41) is 4.31. The number of ether oxygens (including phenoxy) is 3. The van der Waals surface area contributed by atoms with E-state index in [-0.39, 0.29) is 24.7 Å². The standard InChI is InChI=1S/C26H32BrN7O4/c1-33(2)24(35)16-37-20-14-29-26(30-15-20)31-18-3-5-19(6-4-18)38-25-21-11-17(27)13-28-22(21)12-23(32-25)34-7-9-36-10-8-34/h11-15,18-19H,3-10,16H2,1-2H3,(H,29,30,31). The Morgan fingerprint density at radius 2 is 1.84 bits per heavy atom. The maximum Gasteiger partial charge on any atom is 0.259 e. The lowest BCUT2D eigenvalue weighted by Crippen LogP contribution is -2.37. The van der Waals surface area contributed by atoms with Crippen LogP contribution >= 0.6 is 15.9 Å². The fourth-order valence-electron chi connectivity index (χ4n) is 4.50. The number of rotatable bonds is 8. The first-order valence-electron chi connectivity index (χ1n) is 12.8. The van der Waals surface area contributed by atoms with Crippen molar-refractivity contribution in [3.63, 3.8) is 0 Å². The third kappa shape index (κ3) is 6.60. The zero-order valence-corrected chi connectivity index (χ0v) is 23.2. The minimum absolute atomic E-state index is 0.0420. The minimum Gasteiger partial charge on any atom is -0.481 e. The molecule has 0 bridgehead atoms. The summed E-state index contributed by atoms with van der Waals surface area (Å²) >= 11 is 3.53. The Balaban J connectivity index is 1.18. The molecule has 12 heteroatoms. The molecule has 38 heavy (non-hydrogen) atoms. The van der Waals surface area contributed by atoms with E-state index in [1.165, 1.54) is 4.90 Å². The van der Waals surface area contributed by atoms with Crippen LogP contribution in [0.3, 0.4) is 0 Å². The Morgan fingerprint density at radius 3 is 2.55 bits per heavy atom. The molecular weight excluding hydrogens is 554 g/mol. The summed E-state index contributed by atoms with van der Waals surface area (Å²) in [5.74, 6) is 2.38. The largest absolute Gasteiger partial charge is 0.481 e. The first-order chi connectivity index (χ1) is 18.4. The second kappa shape index (κ2) is 12.1. The molecule has 2 fully saturated rings. The van der Waals surface area contributed by atoms with E-state index < -0.39 is 0 Å². The van der Waals surface area contributed by atoms with E-state index in [1.54, 1.807) is 32.7 Å². The number of amides is 1. The molecular formula is C26H32BrN7O4. The maximum atomic E-state index is 11.7. The molecule has 0 aromatic carbocycles. The van der Waals surface area contributed by atoms with Crippen LogP contribution in [0.5, 0.6) is 11.6 Å². The maximum absolute atomic E-state index is 11.7. The van der Waals surface area contributed by atoms with Gasteiger partial charge in [0.25, 0.3) is 5.91 Å². The smallest absolute Gasteiger partial charge is 0.259 e. The number of aromatic nitrogens is 4. The summed E-state index contributed by atoms with van der Waals surface area (Å²) in [6.07, 6.45) is 8.65. The van der Waals surface area contributed by atoms with Gasteiger partial charge in [-0.3, -0.25) is 9.78 Å². The van der Waals surface area contributed by atoms with Crippen molar-refractivity contribution in [2.24, 2.45) is 0 Å². The highest BCUT2D eigenvalue weighted by Gasteiger charge is 2.25. The van der Waals surface area contributed by atoms with Crippen LogP contribution in [-0.2, 0) is 9.53 Å². The van der Waals surface area contributed by atoms with Gasteiger partial charge >= 0.3 is 0 Å². The molecule has 3 aromatic rings. The summed E-state index contributed by atoms with van der Waals surface area (Å²) in [4.78, 5) is 33.6. The van der Waals surface area contributed by atoms with Crippen molar-refractivity contribution in [1.29, 1.82) is 0 Å². The Morgan fingerprint density at radius 1 is 1.11 bits per heavy atom. The number of pyridine rings is 2. The van der Waals surface area contributed by atoms with Gasteiger partial charge in [-0.2, -0.15) is 4.98 Å². The normalized spacial score (nSPS) is 19.7. The summed E-state index contributed by atoms with van der Waals surface area (Å²) < 4.78 is 18.3. The molecule has 2 aliphatic rings. The SMILES string of the molecule is CN(C)C(=O)COc1cnc(NC2CCC(Oc3nc(N4CCOCC4)cc4ncc(Br)cc34)CC2)nc1. The molecule has 1 saturated heterocycles. The second-order valence-electron chi connectivity index (χ2n) is 9.66. The molecule has 0 atom stereocenters. The van der Waals surface area contributed by atoms with Crippen LogP contribution in [0.25, 0.3) is 10.9 Å². The van der Waals surface area contributed by atoms with Gasteiger partial charge in [-0.1, -0.05) is 0 Å². The topological polar surface area (TPSA) is 115 Å². The Labute approximate surface area is 230 Å². The number of carbonyl (C=O) groups excluding carboxylic acids is 1. The lowest BCUT2D eigenvalue weighted by Gasteiger charge is -2.31. The first kappa shape index (κ1) is 26.4. The summed E-state index contributed by atoms with van der Waals surface area (Å²) in [6.45, 7) is 2.94. The Bertz CT molecular complexity index is 1250. The van der Waals surface area contributed by atoms with Gasteiger partial charge in [0.15, 0.2) is 12.4 Å². The molecule has 4 heterocycles. The van der Waals surface area contributed by atoms with E-state index in [4.69, 9.17) is 19.2 Å². The summed E-state index contributed by atoms with van der Waals surface area (Å²) in [5.41, 5.74) is 0.866. The monoisotopic (exact) mass is 585 g/mol. The third-order valence-corrected chi connectivity index (χ3v) is 7.14. The summed E-state index contributed by atoms with van der Waals surface area (Å²) in [6, 6.07) is 4.29. The molecule has 5 rings (SSSR count). The number of fused-ring (bicyclic) bond motifs is 1. The van der Waals surface area contributed by atoms with Crippen molar-refractivity contribution in [3.05, 3.63) is 35.2 Å². The van der Waals surface area contributed by atoms with Crippen molar-refractivity contribution in [2.45, 2.75) is 37.8 Å². The molecule has 202 valence electrons. The van der Waals surface area contributed by atoms with Crippen LogP contribution in [-0.4, -0.2) is 89.9 Å². The van der Waals surface area contributed by atoms with E-state index in [1.807, 2.05) is 12.1 Å². The van der Waals surface area contributed by atoms with Gasteiger partial charge < -0.3 is 29.3 Å². The zero-order valence-electron chi connectivity index (χ0n) is 21.6. The molecule has 0 spiro atoms. The molecule has 1 amide bonds. The van der Waals surface area contributed by atoms with Crippen molar-refractivity contribution in [1.82, 2.24) is 24.8 Å². The molecule has 11 nitrogen and oxygen atoms in total. The van der Waals surface area contributed by atoms with Crippen LogP contribution in [0.4, 0.5) is 11.8 Å².